The highest BCUT2D eigenvalue weighted by Crippen LogP contribution is 2.26. The number of hydrogen-bond acceptors (Lipinski definition) is 4. The molecule has 2 saturated heterocycles. The van der Waals surface area contributed by atoms with Crippen LogP contribution in [0.4, 0.5) is 0 Å². The summed E-state index contributed by atoms with van der Waals surface area (Å²) < 4.78 is 0. The molecule has 0 radical (unpaired) electrons. The van der Waals surface area contributed by atoms with Gasteiger partial charge in [0.1, 0.15) is 0 Å². The van der Waals surface area contributed by atoms with Crippen LogP contribution in [0.15, 0.2) is 0 Å². The Balaban J connectivity index is 1.88. The molecule has 0 bridgehead atoms. The average Bonchev–Trinajstić information content (AvgIpc) is 2.45. The van der Waals surface area contributed by atoms with Crippen LogP contribution in [0.2, 0.25) is 0 Å². The van der Waals surface area contributed by atoms with E-state index in [-0.39, 0.29) is 12.1 Å². The maximum atomic E-state index is 9.90. The zero-order chi connectivity index (χ0) is 17.3. The van der Waals surface area contributed by atoms with Gasteiger partial charge in [-0.2, -0.15) is 0 Å². The van der Waals surface area contributed by atoms with Crippen molar-refractivity contribution in [1.82, 2.24) is 14.7 Å². The first-order valence-electron chi connectivity index (χ1n) is 9.44. The van der Waals surface area contributed by atoms with Crippen LogP contribution in [0.3, 0.4) is 0 Å². The van der Waals surface area contributed by atoms with Gasteiger partial charge in [0.15, 0.2) is 0 Å². The van der Waals surface area contributed by atoms with Gasteiger partial charge in [0, 0.05) is 43.8 Å². The molecule has 0 unspecified atom stereocenters. The van der Waals surface area contributed by atoms with Gasteiger partial charge in [0.2, 0.25) is 0 Å². The standard InChI is InChI=1S/C19H39N3O/c1-18(2,3)15-20-9-7-16(8-10-20)22-12-11-21(19(4,5)6)13-17(22)14-23/h16-17,23H,7-15H2,1-6H3/t17-/m0/s1. The van der Waals surface area contributed by atoms with Crippen molar-refractivity contribution in [1.29, 1.82) is 0 Å². The van der Waals surface area contributed by atoms with Gasteiger partial charge < -0.3 is 10.0 Å². The van der Waals surface area contributed by atoms with Gasteiger partial charge in [0.05, 0.1) is 6.61 Å². The van der Waals surface area contributed by atoms with E-state index in [2.05, 4.69) is 56.2 Å². The van der Waals surface area contributed by atoms with Crippen molar-refractivity contribution in [3.05, 3.63) is 0 Å². The summed E-state index contributed by atoms with van der Waals surface area (Å²) in [5.41, 5.74) is 0.592. The highest BCUT2D eigenvalue weighted by Gasteiger charge is 2.36. The van der Waals surface area contributed by atoms with E-state index in [0.717, 1.165) is 19.6 Å². The van der Waals surface area contributed by atoms with E-state index in [4.69, 9.17) is 0 Å². The van der Waals surface area contributed by atoms with E-state index in [1.165, 1.54) is 32.5 Å². The molecule has 23 heavy (non-hydrogen) atoms. The fourth-order valence-corrected chi connectivity index (χ4v) is 4.20. The Labute approximate surface area is 143 Å². The Morgan fingerprint density at radius 1 is 0.913 bits per heavy atom. The van der Waals surface area contributed by atoms with Crippen LogP contribution in [0, 0.1) is 5.41 Å². The van der Waals surface area contributed by atoms with Crippen molar-refractivity contribution in [3.63, 3.8) is 0 Å². The first kappa shape index (κ1) is 19.2. The first-order chi connectivity index (χ1) is 10.6. The Bertz CT molecular complexity index is 364. The molecule has 2 aliphatic rings. The highest BCUT2D eigenvalue weighted by atomic mass is 16.3. The molecule has 0 aromatic rings. The van der Waals surface area contributed by atoms with E-state index in [0.29, 0.717) is 17.5 Å². The van der Waals surface area contributed by atoms with Gasteiger partial charge in [-0.3, -0.25) is 9.80 Å². The second kappa shape index (κ2) is 7.38. The van der Waals surface area contributed by atoms with Gasteiger partial charge in [-0.15, -0.1) is 0 Å². The van der Waals surface area contributed by atoms with Crippen molar-refractivity contribution in [3.8, 4) is 0 Å². The predicted octanol–water partition coefficient (Wildman–Crippen LogP) is 2.27. The van der Waals surface area contributed by atoms with Crippen molar-refractivity contribution in [2.24, 2.45) is 5.41 Å². The zero-order valence-electron chi connectivity index (χ0n) is 16.3. The molecule has 1 N–H and O–H groups in total. The summed E-state index contributed by atoms with van der Waals surface area (Å²) in [4.78, 5) is 7.76. The first-order valence-corrected chi connectivity index (χ1v) is 9.44. The zero-order valence-corrected chi connectivity index (χ0v) is 16.3. The van der Waals surface area contributed by atoms with Gasteiger partial charge in [0.25, 0.3) is 0 Å². The van der Waals surface area contributed by atoms with Crippen molar-refractivity contribution < 1.29 is 5.11 Å². The Morgan fingerprint density at radius 2 is 1.52 bits per heavy atom. The third-order valence-corrected chi connectivity index (χ3v) is 5.41. The minimum absolute atomic E-state index is 0.204. The largest absolute Gasteiger partial charge is 0.395 e. The summed E-state index contributed by atoms with van der Waals surface area (Å²) in [7, 11) is 0. The number of nitrogens with zero attached hydrogens (tertiary/aromatic N) is 3. The van der Waals surface area contributed by atoms with Gasteiger partial charge >= 0.3 is 0 Å². The minimum Gasteiger partial charge on any atom is -0.395 e. The number of piperazine rings is 1. The third kappa shape index (κ3) is 5.42. The van der Waals surface area contributed by atoms with Gasteiger partial charge in [-0.1, -0.05) is 20.8 Å². The molecule has 0 spiro atoms. The second-order valence-electron chi connectivity index (χ2n) is 9.76. The third-order valence-electron chi connectivity index (χ3n) is 5.41. The summed E-state index contributed by atoms with van der Waals surface area (Å²) in [6.45, 7) is 20.9. The molecule has 4 nitrogen and oxygen atoms in total. The Morgan fingerprint density at radius 3 is 2.00 bits per heavy atom. The summed E-state index contributed by atoms with van der Waals surface area (Å²) in [6.07, 6.45) is 2.50. The summed E-state index contributed by atoms with van der Waals surface area (Å²) in [5.74, 6) is 0. The monoisotopic (exact) mass is 325 g/mol. The number of piperidine rings is 1. The smallest absolute Gasteiger partial charge is 0.0599 e. The van der Waals surface area contributed by atoms with E-state index < -0.39 is 0 Å². The molecular weight excluding hydrogens is 286 g/mol. The second-order valence-corrected chi connectivity index (χ2v) is 9.76. The number of aliphatic hydroxyl groups is 1. The fraction of sp³-hybridized carbons (Fsp3) is 1.00. The van der Waals surface area contributed by atoms with Crippen molar-refractivity contribution in [2.75, 3.05) is 45.9 Å². The number of aliphatic hydroxyl groups excluding tert-OH is 1. The van der Waals surface area contributed by atoms with Crippen LogP contribution < -0.4 is 0 Å². The van der Waals surface area contributed by atoms with Crippen LogP contribution in [0.1, 0.15) is 54.4 Å². The van der Waals surface area contributed by atoms with Crippen LogP contribution in [-0.4, -0.2) is 83.3 Å². The van der Waals surface area contributed by atoms with Crippen LogP contribution >= 0.6 is 0 Å². The maximum Gasteiger partial charge on any atom is 0.0599 e. The minimum atomic E-state index is 0.204. The topological polar surface area (TPSA) is 30.0 Å². The molecule has 4 heteroatoms. The van der Waals surface area contributed by atoms with Crippen LogP contribution in [-0.2, 0) is 0 Å². The Kier molecular flexibility index (Phi) is 6.15. The van der Waals surface area contributed by atoms with Crippen LogP contribution in [0.25, 0.3) is 0 Å². The SMILES string of the molecule is CC(C)(C)CN1CCC(N2CCN(C(C)(C)C)C[C@H]2CO)CC1. The highest BCUT2D eigenvalue weighted by molar-refractivity contribution is 4.92. The molecule has 2 aliphatic heterocycles. The van der Waals surface area contributed by atoms with E-state index in [9.17, 15) is 5.11 Å². The molecule has 0 saturated carbocycles. The lowest BCUT2D eigenvalue weighted by Gasteiger charge is -2.50. The molecule has 2 rings (SSSR count). The summed E-state index contributed by atoms with van der Waals surface area (Å²) >= 11 is 0. The van der Waals surface area contributed by atoms with E-state index >= 15 is 0 Å². The molecule has 0 aliphatic carbocycles. The fourth-order valence-electron chi connectivity index (χ4n) is 4.20. The van der Waals surface area contributed by atoms with Crippen molar-refractivity contribution in [2.45, 2.75) is 72.0 Å². The molecule has 2 fully saturated rings. The quantitative estimate of drug-likeness (QED) is 0.862. The predicted molar refractivity (Wildman–Crippen MR) is 97.8 cm³/mol. The molecular formula is C19H39N3O. The summed E-state index contributed by atoms with van der Waals surface area (Å²) in [5, 5.41) is 9.90. The molecule has 0 aromatic carbocycles. The van der Waals surface area contributed by atoms with Crippen LogP contribution in [0.5, 0.6) is 0 Å². The number of rotatable bonds is 3. The molecule has 136 valence electrons. The van der Waals surface area contributed by atoms with E-state index in [1.807, 2.05) is 0 Å². The van der Waals surface area contributed by atoms with Crippen molar-refractivity contribution >= 4 is 0 Å². The lowest BCUT2D eigenvalue weighted by atomic mass is 9.93. The molecule has 0 amide bonds. The number of hydrogen-bond donors (Lipinski definition) is 1. The van der Waals surface area contributed by atoms with E-state index in [1.54, 1.807) is 0 Å². The molecule has 1 atom stereocenters. The summed E-state index contributed by atoms with van der Waals surface area (Å²) in [6, 6.07) is 0.965. The normalized spacial score (nSPS) is 27.5. The van der Waals surface area contributed by atoms with Gasteiger partial charge in [-0.25, -0.2) is 0 Å². The van der Waals surface area contributed by atoms with Gasteiger partial charge in [-0.05, 0) is 52.1 Å². The lowest BCUT2D eigenvalue weighted by Crippen LogP contribution is -2.62. The Hall–Kier alpha value is -0.160. The molecule has 0 aromatic heterocycles. The molecule has 2 heterocycles. The average molecular weight is 326 g/mol. The number of likely N-dealkylation sites (tertiary alicyclic amines) is 1. The lowest BCUT2D eigenvalue weighted by molar-refractivity contribution is -0.0346. The maximum absolute atomic E-state index is 9.90.